The topological polar surface area (TPSA) is 39.2 Å². The van der Waals surface area contributed by atoms with Crippen LogP contribution in [0.15, 0.2) is 16.5 Å². The van der Waals surface area contributed by atoms with Gasteiger partial charge in [0.15, 0.2) is 5.22 Å². The van der Waals surface area contributed by atoms with Crippen LogP contribution < -0.4 is 5.73 Å². The van der Waals surface area contributed by atoms with E-state index in [4.69, 9.17) is 21.8 Å². The highest BCUT2D eigenvalue weighted by Gasteiger charge is 2.30. The summed E-state index contributed by atoms with van der Waals surface area (Å²) in [4.78, 5) is 0. The first-order chi connectivity index (χ1) is 7.58. The van der Waals surface area contributed by atoms with Gasteiger partial charge in [-0.1, -0.05) is 20.3 Å². The van der Waals surface area contributed by atoms with Crippen molar-refractivity contribution >= 4 is 11.6 Å². The number of halogens is 1. The third-order valence-electron chi connectivity index (χ3n) is 4.07. The maximum atomic E-state index is 6.24. The van der Waals surface area contributed by atoms with E-state index >= 15 is 0 Å². The molecule has 4 unspecified atom stereocenters. The summed E-state index contributed by atoms with van der Waals surface area (Å²) >= 11 is 5.77. The monoisotopic (exact) mass is 241 g/mol. The predicted octanol–water partition coefficient (Wildman–Crippen LogP) is 4.01. The summed E-state index contributed by atoms with van der Waals surface area (Å²) in [6.45, 7) is 4.65. The van der Waals surface area contributed by atoms with E-state index in [9.17, 15) is 0 Å². The first-order valence-corrected chi connectivity index (χ1v) is 6.46. The van der Waals surface area contributed by atoms with E-state index in [-0.39, 0.29) is 6.04 Å². The molecule has 1 aliphatic rings. The van der Waals surface area contributed by atoms with Gasteiger partial charge >= 0.3 is 0 Å². The van der Waals surface area contributed by atoms with Crippen LogP contribution in [-0.2, 0) is 0 Å². The van der Waals surface area contributed by atoms with E-state index in [1.54, 1.807) is 6.07 Å². The molecule has 0 aromatic carbocycles. The summed E-state index contributed by atoms with van der Waals surface area (Å²) in [5.41, 5.74) is 6.24. The van der Waals surface area contributed by atoms with Crippen LogP contribution in [0.25, 0.3) is 0 Å². The van der Waals surface area contributed by atoms with Gasteiger partial charge in [-0.2, -0.15) is 0 Å². The zero-order chi connectivity index (χ0) is 11.7. The van der Waals surface area contributed by atoms with Crippen molar-refractivity contribution in [1.29, 1.82) is 0 Å². The van der Waals surface area contributed by atoms with Gasteiger partial charge in [-0.05, 0) is 54.3 Å². The lowest BCUT2D eigenvalue weighted by molar-refractivity contribution is 0.177. The van der Waals surface area contributed by atoms with Crippen LogP contribution in [0, 0.1) is 17.8 Å². The fraction of sp³-hybridized carbons (Fsp3) is 0.692. The molecule has 90 valence electrons. The maximum Gasteiger partial charge on any atom is 0.193 e. The Morgan fingerprint density at radius 1 is 1.31 bits per heavy atom. The minimum atomic E-state index is 0.00227. The number of rotatable bonds is 2. The van der Waals surface area contributed by atoms with E-state index < -0.39 is 0 Å². The Kier molecular flexibility index (Phi) is 3.60. The lowest BCUT2D eigenvalue weighted by Gasteiger charge is -2.34. The number of furan rings is 1. The molecule has 1 heterocycles. The Labute approximate surface area is 102 Å². The van der Waals surface area contributed by atoms with Crippen molar-refractivity contribution < 1.29 is 4.42 Å². The van der Waals surface area contributed by atoms with Crippen LogP contribution in [0.3, 0.4) is 0 Å². The van der Waals surface area contributed by atoms with Gasteiger partial charge in [0.2, 0.25) is 0 Å². The van der Waals surface area contributed by atoms with Gasteiger partial charge < -0.3 is 10.2 Å². The van der Waals surface area contributed by atoms with Crippen molar-refractivity contribution in [2.75, 3.05) is 0 Å². The van der Waals surface area contributed by atoms with Gasteiger partial charge in [0.1, 0.15) is 5.76 Å². The van der Waals surface area contributed by atoms with Crippen molar-refractivity contribution in [3.63, 3.8) is 0 Å². The summed E-state index contributed by atoms with van der Waals surface area (Å²) in [5.74, 6) is 2.95. The molecule has 0 saturated heterocycles. The minimum absolute atomic E-state index is 0.00227. The average Bonchev–Trinajstić information content (AvgIpc) is 2.68. The van der Waals surface area contributed by atoms with Crippen molar-refractivity contribution in [3.05, 3.63) is 23.1 Å². The van der Waals surface area contributed by atoms with E-state index in [1.165, 1.54) is 19.3 Å². The van der Waals surface area contributed by atoms with Gasteiger partial charge in [-0.15, -0.1) is 0 Å². The molecular weight excluding hydrogens is 222 g/mol. The summed E-state index contributed by atoms with van der Waals surface area (Å²) < 4.78 is 5.40. The van der Waals surface area contributed by atoms with Gasteiger partial charge in [-0.3, -0.25) is 0 Å². The molecule has 16 heavy (non-hydrogen) atoms. The van der Waals surface area contributed by atoms with Crippen LogP contribution in [0.4, 0.5) is 0 Å². The average molecular weight is 242 g/mol. The molecule has 0 aliphatic heterocycles. The Balaban J connectivity index is 2.02. The third-order valence-corrected chi connectivity index (χ3v) is 4.27. The Morgan fingerprint density at radius 2 is 2.06 bits per heavy atom. The standard InChI is InChI=1S/C13H20ClNO/c1-8-3-4-10(7-9(8)2)13(15)11-5-6-12(14)16-11/h5-6,8-10,13H,3-4,7,15H2,1-2H3. The molecule has 1 saturated carbocycles. The van der Waals surface area contributed by atoms with Crippen LogP contribution in [-0.4, -0.2) is 0 Å². The second-order valence-electron chi connectivity index (χ2n) is 5.20. The summed E-state index contributed by atoms with van der Waals surface area (Å²) in [6, 6.07) is 3.67. The van der Waals surface area contributed by atoms with Crippen molar-refractivity contribution in [1.82, 2.24) is 0 Å². The minimum Gasteiger partial charge on any atom is -0.448 e. The molecule has 2 N–H and O–H groups in total. The second-order valence-corrected chi connectivity index (χ2v) is 5.57. The fourth-order valence-corrected chi connectivity index (χ4v) is 2.81. The Bertz CT molecular complexity index is 349. The van der Waals surface area contributed by atoms with Crippen LogP contribution in [0.5, 0.6) is 0 Å². The summed E-state index contributed by atoms with van der Waals surface area (Å²) in [5, 5.41) is 0.433. The molecule has 4 atom stereocenters. The number of hydrogen-bond donors (Lipinski definition) is 1. The van der Waals surface area contributed by atoms with Gasteiger partial charge in [-0.25, -0.2) is 0 Å². The molecule has 0 bridgehead atoms. The molecule has 2 rings (SSSR count). The van der Waals surface area contributed by atoms with Crippen LogP contribution >= 0.6 is 11.6 Å². The van der Waals surface area contributed by atoms with Crippen molar-refractivity contribution in [3.8, 4) is 0 Å². The molecular formula is C13H20ClNO. The predicted molar refractivity (Wildman–Crippen MR) is 66.3 cm³/mol. The maximum absolute atomic E-state index is 6.24. The normalized spacial score (nSPS) is 32.6. The molecule has 0 radical (unpaired) electrons. The molecule has 0 spiro atoms. The smallest absolute Gasteiger partial charge is 0.193 e. The van der Waals surface area contributed by atoms with Crippen LogP contribution in [0.1, 0.15) is 44.9 Å². The highest BCUT2D eigenvalue weighted by molar-refractivity contribution is 6.28. The van der Waals surface area contributed by atoms with E-state index in [0.717, 1.165) is 17.6 Å². The molecule has 2 nitrogen and oxygen atoms in total. The van der Waals surface area contributed by atoms with E-state index in [1.807, 2.05) is 6.07 Å². The fourth-order valence-electron chi connectivity index (χ4n) is 2.66. The van der Waals surface area contributed by atoms with Crippen molar-refractivity contribution in [2.45, 2.75) is 39.2 Å². The van der Waals surface area contributed by atoms with Crippen LogP contribution in [0.2, 0.25) is 5.22 Å². The molecule has 1 aliphatic carbocycles. The molecule has 1 fully saturated rings. The first kappa shape index (κ1) is 12.0. The zero-order valence-corrected chi connectivity index (χ0v) is 10.7. The molecule has 1 aromatic heterocycles. The lowest BCUT2D eigenvalue weighted by atomic mass is 9.73. The summed E-state index contributed by atoms with van der Waals surface area (Å²) in [6.07, 6.45) is 3.67. The van der Waals surface area contributed by atoms with Gasteiger partial charge in [0.25, 0.3) is 0 Å². The van der Waals surface area contributed by atoms with E-state index in [0.29, 0.717) is 11.1 Å². The van der Waals surface area contributed by atoms with Gasteiger partial charge in [0, 0.05) is 0 Å². The van der Waals surface area contributed by atoms with E-state index in [2.05, 4.69) is 13.8 Å². The molecule has 0 amide bonds. The number of nitrogens with two attached hydrogens (primary N) is 1. The third kappa shape index (κ3) is 2.44. The Hall–Kier alpha value is -0.470. The SMILES string of the molecule is CC1CCC(C(N)c2ccc(Cl)o2)CC1C. The van der Waals surface area contributed by atoms with Crippen molar-refractivity contribution in [2.24, 2.45) is 23.5 Å². The highest BCUT2D eigenvalue weighted by atomic mass is 35.5. The number of hydrogen-bond acceptors (Lipinski definition) is 2. The Morgan fingerprint density at radius 3 is 2.62 bits per heavy atom. The van der Waals surface area contributed by atoms with Gasteiger partial charge in [0.05, 0.1) is 6.04 Å². The summed E-state index contributed by atoms with van der Waals surface area (Å²) in [7, 11) is 0. The first-order valence-electron chi connectivity index (χ1n) is 6.08. The molecule has 3 heteroatoms. The molecule has 1 aromatic rings. The quantitative estimate of drug-likeness (QED) is 0.850. The second kappa shape index (κ2) is 4.80. The highest BCUT2D eigenvalue weighted by Crippen LogP contribution is 2.39. The largest absolute Gasteiger partial charge is 0.448 e. The zero-order valence-electron chi connectivity index (χ0n) is 9.95. The lowest BCUT2D eigenvalue weighted by Crippen LogP contribution is -2.29.